The van der Waals surface area contributed by atoms with Gasteiger partial charge < -0.3 is 4.74 Å². The number of benzene rings is 1. The van der Waals surface area contributed by atoms with Gasteiger partial charge in [-0.25, -0.2) is 9.18 Å². The van der Waals surface area contributed by atoms with Gasteiger partial charge in [0.25, 0.3) is 0 Å². The van der Waals surface area contributed by atoms with Crippen molar-refractivity contribution in [3.05, 3.63) is 35.9 Å². The lowest BCUT2D eigenvalue weighted by Crippen LogP contribution is -2.09. The summed E-state index contributed by atoms with van der Waals surface area (Å²) in [4.78, 5) is 10.7. The molecular formula is C9H9FO2. The van der Waals surface area contributed by atoms with Crippen LogP contribution >= 0.6 is 0 Å². The summed E-state index contributed by atoms with van der Waals surface area (Å²) < 4.78 is 17.3. The molecule has 0 aliphatic heterocycles. The molecule has 0 saturated heterocycles. The second-order valence-corrected chi connectivity index (χ2v) is 2.30. The molecular weight excluding hydrogens is 159 g/mol. The van der Waals surface area contributed by atoms with Gasteiger partial charge in [0.05, 0.1) is 7.11 Å². The van der Waals surface area contributed by atoms with Crippen LogP contribution in [0.3, 0.4) is 0 Å². The number of methoxy groups -OCH3 is 1. The van der Waals surface area contributed by atoms with Gasteiger partial charge in [0.2, 0.25) is 6.17 Å². The molecule has 1 rings (SSSR count). The topological polar surface area (TPSA) is 26.3 Å². The van der Waals surface area contributed by atoms with Crippen LogP contribution < -0.4 is 0 Å². The predicted octanol–water partition coefficient (Wildman–Crippen LogP) is 1.87. The van der Waals surface area contributed by atoms with Crippen molar-refractivity contribution in [3.63, 3.8) is 0 Å². The van der Waals surface area contributed by atoms with Crippen LogP contribution in [0.25, 0.3) is 0 Å². The largest absolute Gasteiger partial charge is 0.467 e. The van der Waals surface area contributed by atoms with E-state index in [1.54, 1.807) is 30.3 Å². The second-order valence-electron chi connectivity index (χ2n) is 2.30. The molecule has 0 saturated carbocycles. The van der Waals surface area contributed by atoms with E-state index in [0.29, 0.717) is 5.56 Å². The molecule has 0 fully saturated rings. The average Bonchev–Trinajstić information content (AvgIpc) is 2.17. The number of alkyl halides is 1. The Morgan fingerprint density at radius 1 is 1.42 bits per heavy atom. The molecule has 0 heterocycles. The smallest absolute Gasteiger partial charge is 0.345 e. The summed E-state index contributed by atoms with van der Waals surface area (Å²) >= 11 is 0. The molecule has 3 heteroatoms. The van der Waals surface area contributed by atoms with E-state index in [2.05, 4.69) is 4.74 Å². The van der Waals surface area contributed by atoms with E-state index in [4.69, 9.17) is 0 Å². The monoisotopic (exact) mass is 168 g/mol. The van der Waals surface area contributed by atoms with E-state index < -0.39 is 12.1 Å². The minimum atomic E-state index is -1.67. The van der Waals surface area contributed by atoms with Gasteiger partial charge >= 0.3 is 5.97 Å². The number of carbonyl (C=O) groups is 1. The average molecular weight is 168 g/mol. The highest BCUT2D eigenvalue weighted by atomic mass is 19.1. The van der Waals surface area contributed by atoms with Gasteiger partial charge in [-0.1, -0.05) is 30.3 Å². The summed E-state index contributed by atoms with van der Waals surface area (Å²) in [7, 11) is 1.16. The molecule has 0 radical (unpaired) electrons. The van der Waals surface area contributed by atoms with Crippen LogP contribution in [-0.2, 0) is 9.53 Å². The molecule has 1 aromatic rings. The molecule has 0 aromatic heterocycles. The van der Waals surface area contributed by atoms with Gasteiger partial charge in [-0.2, -0.15) is 0 Å². The van der Waals surface area contributed by atoms with Crippen LogP contribution in [-0.4, -0.2) is 13.1 Å². The van der Waals surface area contributed by atoms with Crippen molar-refractivity contribution in [2.45, 2.75) is 6.17 Å². The number of ether oxygens (including phenoxy) is 1. The first-order valence-electron chi connectivity index (χ1n) is 3.52. The highest BCUT2D eigenvalue weighted by Crippen LogP contribution is 2.17. The van der Waals surface area contributed by atoms with Crippen molar-refractivity contribution in [1.29, 1.82) is 0 Å². The maximum Gasteiger partial charge on any atom is 0.345 e. The molecule has 2 nitrogen and oxygen atoms in total. The Labute approximate surface area is 70.0 Å². The highest BCUT2D eigenvalue weighted by molar-refractivity contribution is 5.76. The maximum atomic E-state index is 13.1. The number of rotatable bonds is 2. The van der Waals surface area contributed by atoms with Crippen molar-refractivity contribution < 1.29 is 13.9 Å². The molecule has 0 aliphatic rings. The molecule has 1 atom stereocenters. The van der Waals surface area contributed by atoms with Crippen molar-refractivity contribution in [3.8, 4) is 0 Å². The van der Waals surface area contributed by atoms with Gasteiger partial charge in [0, 0.05) is 0 Å². The van der Waals surface area contributed by atoms with Gasteiger partial charge in [-0.05, 0) is 5.56 Å². The molecule has 0 N–H and O–H groups in total. The van der Waals surface area contributed by atoms with Crippen LogP contribution in [0.5, 0.6) is 0 Å². The Balaban J connectivity index is 2.78. The first-order valence-corrected chi connectivity index (χ1v) is 3.52. The first-order chi connectivity index (χ1) is 5.75. The fraction of sp³-hybridized carbons (Fsp3) is 0.222. The molecule has 0 spiro atoms. The summed E-state index contributed by atoms with van der Waals surface area (Å²) in [5.41, 5.74) is 0.323. The summed E-state index contributed by atoms with van der Waals surface area (Å²) in [6, 6.07) is 8.19. The molecule has 64 valence electrons. The van der Waals surface area contributed by atoms with Crippen LogP contribution in [0.15, 0.2) is 30.3 Å². The Kier molecular flexibility index (Phi) is 2.80. The normalized spacial score (nSPS) is 12.2. The van der Waals surface area contributed by atoms with E-state index in [9.17, 15) is 9.18 Å². The Morgan fingerprint density at radius 3 is 2.50 bits per heavy atom. The maximum absolute atomic E-state index is 13.1. The van der Waals surface area contributed by atoms with E-state index in [1.807, 2.05) is 0 Å². The third-order valence-electron chi connectivity index (χ3n) is 1.50. The van der Waals surface area contributed by atoms with E-state index >= 15 is 0 Å². The van der Waals surface area contributed by atoms with Crippen LogP contribution in [0.2, 0.25) is 0 Å². The number of esters is 1. The predicted molar refractivity (Wildman–Crippen MR) is 42.3 cm³/mol. The van der Waals surface area contributed by atoms with Crippen LogP contribution in [0.1, 0.15) is 11.7 Å². The summed E-state index contributed by atoms with van der Waals surface area (Å²) in [6.45, 7) is 0. The Morgan fingerprint density at radius 2 is 2.00 bits per heavy atom. The number of hydrogen-bond acceptors (Lipinski definition) is 2. The zero-order valence-electron chi connectivity index (χ0n) is 6.66. The van der Waals surface area contributed by atoms with Crippen molar-refractivity contribution in [2.24, 2.45) is 0 Å². The molecule has 12 heavy (non-hydrogen) atoms. The van der Waals surface area contributed by atoms with Crippen molar-refractivity contribution in [1.82, 2.24) is 0 Å². The van der Waals surface area contributed by atoms with Gasteiger partial charge in [-0.15, -0.1) is 0 Å². The van der Waals surface area contributed by atoms with Crippen LogP contribution in [0.4, 0.5) is 4.39 Å². The standard InChI is InChI=1S/C9H9FO2/c1-12-9(11)8(10)7-5-3-2-4-6-7/h2-6,8H,1H3/t8-/m1/s1. The van der Waals surface area contributed by atoms with E-state index in [-0.39, 0.29) is 0 Å². The Hall–Kier alpha value is -1.38. The lowest BCUT2D eigenvalue weighted by Gasteiger charge is -2.04. The number of hydrogen-bond donors (Lipinski definition) is 0. The fourth-order valence-corrected chi connectivity index (χ4v) is 0.862. The molecule has 0 amide bonds. The van der Waals surface area contributed by atoms with Gasteiger partial charge in [0.15, 0.2) is 0 Å². The van der Waals surface area contributed by atoms with Crippen molar-refractivity contribution in [2.75, 3.05) is 7.11 Å². The fourth-order valence-electron chi connectivity index (χ4n) is 0.862. The Bertz CT molecular complexity index is 258. The SMILES string of the molecule is COC(=O)[C@H](F)c1ccccc1. The second kappa shape index (κ2) is 3.85. The minimum Gasteiger partial charge on any atom is -0.467 e. The quantitative estimate of drug-likeness (QED) is 0.630. The van der Waals surface area contributed by atoms with Gasteiger partial charge in [0.1, 0.15) is 0 Å². The molecule has 1 aromatic carbocycles. The van der Waals surface area contributed by atoms with Crippen molar-refractivity contribution >= 4 is 5.97 Å². The number of carbonyl (C=O) groups excluding carboxylic acids is 1. The minimum absolute atomic E-state index is 0.323. The zero-order chi connectivity index (χ0) is 8.97. The molecule has 0 aliphatic carbocycles. The molecule has 0 bridgehead atoms. The van der Waals surface area contributed by atoms with Crippen LogP contribution in [0, 0.1) is 0 Å². The van der Waals surface area contributed by atoms with Gasteiger partial charge in [-0.3, -0.25) is 0 Å². The summed E-state index contributed by atoms with van der Waals surface area (Å²) in [5, 5.41) is 0. The third kappa shape index (κ3) is 1.81. The third-order valence-corrected chi connectivity index (χ3v) is 1.50. The first kappa shape index (κ1) is 8.71. The van der Waals surface area contributed by atoms with E-state index in [0.717, 1.165) is 7.11 Å². The summed E-state index contributed by atoms with van der Waals surface area (Å²) in [5.74, 6) is -0.860. The lowest BCUT2D eigenvalue weighted by molar-refractivity contribution is -0.146. The lowest BCUT2D eigenvalue weighted by atomic mass is 10.1. The molecule has 0 unspecified atom stereocenters. The number of halogens is 1. The highest BCUT2D eigenvalue weighted by Gasteiger charge is 2.18. The van der Waals surface area contributed by atoms with E-state index in [1.165, 1.54) is 0 Å². The summed E-state index contributed by atoms with van der Waals surface area (Å²) in [6.07, 6.45) is -1.67. The zero-order valence-corrected chi connectivity index (χ0v) is 6.66.